The summed E-state index contributed by atoms with van der Waals surface area (Å²) in [5.74, 6) is -1.23. The van der Waals surface area contributed by atoms with Crippen LogP contribution in [0.25, 0.3) is 10.9 Å². The van der Waals surface area contributed by atoms with E-state index in [1.807, 2.05) is 0 Å². The first kappa shape index (κ1) is 21.8. The summed E-state index contributed by atoms with van der Waals surface area (Å²) in [6.07, 6.45) is 1.71. The first-order valence-electron chi connectivity index (χ1n) is 10.0. The SMILES string of the molecule is NC(=O)n1cc(CC(=O)N2NCCC2C(=O)N(F)Cc2cccc(Cl)c2)c2ccccc21. The van der Waals surface area contributed by atoms with Gasteiger partial charge < -0.3 is 5.73 Å². The molecule has 1 aliphatic heterocycles. The molecule has 1 aromatic heterocycles. The molecule has 0 saturated carbocycles. The maximum atomic E-state index is 14.7. The van der Waals surface area contributed by atoms with E-state index in [1.165, 1.54) is 15.8 Å². The van der Waals surface area contributed by atoms with Crippen molar-refractivity contribution >= 4 is 40.3 Å². The summed E-state index contributed by atoms with van der Waals surface area (Å²) in [5.41, 5.74) is 10.00. The fourth-order valence-corrected chi connectivity index (χ4v) is 4.13. The number of carbonyl (C=O) groups excluding carboxylic acids is 3. The maximum Gasteiger partial charge on any atom is 0.323 e. The Morgan fingerprint density at radius 1 is 1.19 bits per heavy atom. The predicted octanol–water partition coefficient (Wildman–Crippen LogP) is 2.78. The number of rotatable bonds is 5. The van der Waals surface area contributed by atoms with Crippen LogP contribution in [0.2, 0.25) is 5.02 Å². The second-order valence-corrected chi connectivity index (χ2v) is 7.96. The molecule has 1 saturated heterocycles. The number of nitrogens with one attached hydrogen (secondary N) is 1. The summed E-state index contributed by atoms with van der Waals surface area (Å²) in [6.45, 7) is 0.0836. The molecule has 0 radical (unpaired) electrons. The molecule has 1 aliphatic rings. The summed E-state index contributed by atoms with van der Waals surface area (Å²) >= 11 is 5.92. The minimum Gasteiger partial charge on any atom is -0.351 e. The quantitative estimate of drug-likeness (QED) is 0.575. The highest BCUT2D eigenvalue weighted by Crippen LogP contribution is 2.23. The molecular formula is C22H21ClFN5O3. The van der Waals surface area contributed by atoms with E-state index in [2.05, 4.69) is 5.43 Å². The van der Waals surface area contributed by atoms with Crippen LogP contribution in [0.3, 0.4) is 0 Å². The smallest absolute Gasteiger partial charge is 0.323 e. The lowest BCUT2D eigenvalue weighted by molar-refractivity contribution is -0.157. The van der Waals surface area contributed by atoms with Gasteiger partial charge in [0.05, 0.1) is 18.5 Å². The van der Waals surface area contributed by atoms with Crippen LogP contribution in [0.15, 0.2) is 54.7 Å². The third-order valence-corrected chi connectivity index (χ3v) is 5.62. The van der Waals surface area contributed by atoms with Crippen LogP contribution in [0.1, 0.15) is 17.5 Å². The number of aromatic nitrogens is 1. The number of para-hydroxylation sites is 1. The number of carbonyl (C=O) groups is 3. The highest BCUT2D eigenvalue weighted by atomic mass is 35.5. The van der Waals surface area contributed by atoms with E-state index in [0.29, 0.717) is 33.6 Å². The topological polar surface area (TPSA) is 101 Å². The van der Waals surface area contributed by atoms with Crippen LogP contribution in [-0.2, 0) is 22.6 Å². The number of halogens is 2. The molecule has 32 heavy (non-hydrogen) atoms. The van der Waals surface area contributed by atoms with Crippen LogP contribution in [0.4, 0.5) is 9.28 Å². The number of hydrazine groups is 1. The normalized spacial score (nSPS) is 15.8. The standard InChI is InChI=1S/C22H21ClFN5O3/c23-16-5-3-4-14(10-16)12-28(24)21(31)19-8-9-26-29(19)20(30)11-15-13-27(22(25)32)18-7-2-1-6-17(15)18/h1-7,10,13,19,26H,8-9,11-12H2,(H2,25,32). The Labute approximate surface area is 188 Å². The minimum atomic E-state index is -0.976. The molecule has 3 N–H and O–H groups in total. The molecule has 0 spiro atoms. The van der Waals surface area contributed by atoms with Crippen molar-refractivity contribution < 1.29 is 18.9 Å². The van der Waals surface area contributed by atoms with Gasteiger partial charge in [0.2, 0.25) is 5.91 Å². The summed E-state index contributed by atoms with van der Waals surface area (Å²) < 4.78 is 15.9. The van der Waals surface area contributed by atoms with Crippen molar-refractivity contribution in [2.24, 2.45) is 5.73 Å². The molecule has 1 unspecified atom stereocenters. The van der Waals surface area contributed by atoms with E-state index in [9.17, 15) is 18.9 Å². The molecular weight excluding hydrogens is 437 g/mol. The van der Waals surface area contributed by atoms with Crippen LogP contribution < -0.4 is 11.2 Å². The van der Waals surface area contributed by atoms with Crippen molar-refractivity contribution in [3.8, 4) is 0 Å². The lowest BCUT2D eigenvalue weighted by Crippen LogP contribution is -2.49. The summed E-state index contributed by atoms with van der Waals surface area (Å²) in [4.78, 5) is 37.5. The number of nitrogens with zero attached hydrogens (tertiary/aromatic N) is 3. The van der Waals surface area contributed by atoms with Gasteiger partial charge in [0.25, 0.3) is 5.91 Å². The molecule has 166 valence electrons. The molecule has 0 aliphatic carbocycles. The van der Waals surface area contributed by atoms with Gasteiger partial charge in [-0.25, -0.2) is 10.2 Å². The van der Waals surface area contributed by atoms with E-state index in [-0.39, 0.29) is 24.5 Å². The number of fused-ring (bicyclic) bond motifs is 1. The second kappa shape index (κ2) is 8.97. The van der Waals surface area contributed by atoms with Gasteiger partial charge in [-0.05, 0) is 35.7 Å². The van der Waals surface area contributed by atoms with Crippen molar-refractivity contribution in [3.63, 3.8) is 0 Å². The number of hydrogen-bond donors (Lipinski definition) is 2. The Kier molecular flexibility index (Phi) is 6.11. The highest BCUT2D eigenvalue weighted by molar-refractivity contribution is 6.30. The van der Waals surface area contributed by atoms with E-state index in [4.69, 9.17) is 17.3 Å². The van der Waals surface area contributed by atoms with Crippen LogP contribution in [0.5, 0.6) is 0 Å². The Bertz CT molecular complexity index is 1200. The third kappa shape index (κ3) is 4.30. The zero-order valence-electron chi connectivity index (χ0n) is 17.0. The van der Waals surface area contributed by atoms with Gasteiger partial charge in [-0.15, -0.1) is 0 Å². The molecule has 3 aromatic rings. The molecule has 4 rings (SSSR count). The largest absolute Gasteiger partial charge is 0.351 e. The molecule has 8 nitrogen and oxygen atoms in total. The Hall–Kier alpha value is -3.43. The number of benzene rings is 2. The fourth-order valence-electron chi connectivity index (χ4n) is 3.91. The van der Waals surface area contributed by atoms with Gasteiger partial charge in [-0.1, -0.05) is 46.4 Å². The summed E-state index contributed by atoms with van der Waals surface area (Å²) in [7, 11) is 0. The monoisotopic (exact) mass is 457 g/mol. The van der Waals surface area contributed by atoms with Gasteiger partial charge in [-0.3, -0.25) is 19.2 Å². The van der Waals surface area contributed by atoms with Gasteiger partial charge in [-0.2, -0.15) is 5.12 Å². The summed E-state index contributed by atoms with van der Waals surface area (Å²) in [6, 6.07) is 12.0. The summed E-state index contributed by atoms with van der Waals surface area (Å²) in [5, 5.41) is 2.42. The van der Waals surface area contributed by atoms with Crippen LogP contribution >= 0.6 is 11.6 Å². The average Bonchev–Trinajstić information content (AvgIpc) is 3.39. The van der Waals surface area contributed by atoms with E-state index >= 15 is 0 Å². The average molecular weight is 458 g/mol. The first-order chi connectivity index (χ1) is 15.3. The zero-order valence-corrected chi connectivity index (χ0v) is 17.8. The Morgan fingerprint density at radius 3 is 2.72 bits per heavy atom. The van der Waals surface area contributed by atoms with Crippen molar-refractivity contribution in [2.75, 3.05) is 6.54 Å². The van der Waals surface area contributed by atoms with Crippen molar-refractivity contribution in [1.82, 2.24) is 20.1 Å². The van der Waals surface area contributed by atoms with Crippen molar-refractivity contribution in [1.29, 1.82) is 0 Å². The molecule has 10 heteroatoms. The van der Waals surface area contributed by atoms with Gasteiger partial charge in [0, 0.05) is 23.2 Å². The molecule has 2 aromatic carbocycles. The van der Waals surface area contributed by atoms with Crippen LogP contribution in [0, 0.1) is 0 Å². The number of amides is 3. The Balaban J connectivity index is 1.50. The molecule has 1 atom stereocenters. The van der Waals surface area contributed by atoms with Gasteiger partial charge in [0.1, 0.15) is 6.04 Å². The maximum absolute atomic E-state index is 14.7. The van der Waals surface area contributed by atoms with Crippen LogP contribution in [-0.4, -0.2) is 45.1 Å². The van der Waals surface area contributed by atoms with E-state index in [1.54, 1.807) is 48.5 Å². The van der Waals surface area contributed by atoms with Gasteiger partial charge >= 0.3 is 6.03 Å². The molecule has 1 fully saturated rings. The van der Waals surface area contributed by atoms with Crippen molar-refractivity contribution in [3.05, 3.63) is 70.9 Å². The van der Waals surface area contributed by atoms with E-state index < -0.39 is 23.9 Å². The molecule has 3 amide bonds. The second-order valence-electron chi connectivity index (χ2n) is 7.52. The first-order valence-corrected chi connectivity index (χ1v) is 10.4. The predicted molar refractivity (Wildman–Crippen MR) is 117 cm³/mol. The fraction of sp³-hybridized carbons (Fsp3) is 0.227. The lowest BCUT2D eigenvalue weighted by Gasteiger charge is -2.25. The highest BCUT2D eigenvalue weighted by Gasteiger charge is 2.37. The number of primary amides is 1. The number of hydrogen-bond acceptors (Lipinski definition) is 4. The third-order valence-electron chi connectivity index (χ3n) is 5.39. The van der Waals surface area contributed by atoms with Gasteiger partial charge in [0.15, 0.2) is 0 Å². The molecule has 2 heterocycles. The minimum absolute atomic E-state index is 0.0852. The lowest BCUT2D eigenvalue weighted by atomic mass is 10.1. The molecule has 0 bridgehead atoms. The van der Waals surface area contributed by atoms with Crippen molar-refractivity contribution in [2.45, 2.75) is 25.4 Å². The Morgan fingerprint density at radius 2 is 1.97 bits per heavy atom. The zero-order chi connectivity index (χ0) is 22.8. The number of nitrogens with two attached hydrogens (primary N) is 1. The van der Waals surface area contributed by atoms with E-state index in [0.717, 1.165) is 0 Å².